The van der Waals surface area contributed by atoms with Crippen LogP contribution in [-0.2, 0) is 6.54 Å². The van der Waals surface area contributed by atoms with Gasteiger partial charge in [0.25, 0.3) is 0 Å². The molecule has 3 aromatic heterocycles. The number of hydrogen-bond donors (Lipinski definition) is 1. The van der Waals surface area contributed by atoms with E-state index >= 15 is 0 Å². The van der Waals surface area contributed by atoms with Crippen molar-refractivity contribution < 1.29 is 0 Å². The quantitative estimate of drug-likeness (QED) is 0.801. The summed E-state index contributed by atoms with van der Waals surface area (Å²) >= 11 is 0. The first-order valence-electron chi connectivity index (χ1n) is 8.04. The van der Waals surface area contributed by atoms with Gasteiger partial charge in [0.1, 0.15) is 17.8 Å². The summed E-state index contributed by atoms with van der Waals surface area (Å²) in [6.45, 7) is 3.08. The second kappa shape index (κ2) is 6.34. The molecule has 1 aliphatic heterocycles. The molecule has 23 heavy (non-hydrogen) atoms. The Hall–Kier alpha value is -2.47. The van der Waals surface area contributed by atoms with E-state index in [4.69, 9.17) is 0 Å². The van der Waals surface area contributed by atoms with Crippen LogP contribution in [0.3, 0.4) is 0 Å². The number of rotatable bonds is 4. The number of nitrogens with one attached hydrogen (secondary N) is 1. The monoisotopic (exact) mass is 308 g/mol. The van der Waals surface area contributed by atoms with Gasteiger partial charge >= 0.3 is 0 Å². The number of hydrogen-bond acceptors (Lipinski definition) is 5. The molecule has 0 saturated carbocycles. The van der Waals surface area contributed by atoms with Gasteiger partial charge in [0.15, 0.2) is 0 Å². The zero-order chi connectivity index (χ0) is 15.5. The Bertz CT molecular complexity index is 728. The maximum absolute atomic E-state index is 4.68. The third-order valence-electron chi connectivity index (χ3n) is 4.32. The SMILES string of the molecule is c1ccn2cc(CN3CCC(Nc4ccncn4)CC3)nc2c1. The van der Waals surface area contributed by atoms with Gasteiger partial charge in [-0.3, -0.25) is 4.90 Å². The summed E-state index contributed by atoms with van der Waals surface area (Å²) in [5.74, 6) is 0.916. The van der Waals surface area contributed by atoms with E-state index in [0.717, 1.165) is 49.6 Å². The van der Waals surface area contributed by atoms with Crippen molar-refractivity contribution in [2.75, 3.05) is 18.4 Å². The Kier molecular flexibility index (Phi) is 3.90. The van der Waals surface area contributed by atoms with Crippen LogP contribution >= 0.6 is 0 Å². The van der Waals surface area contributed by atoms with Gasteiger partial charge in [-0.05, 0) is 31.0 Å². The number of piperidine rings is 1. The Morgan fingerprint density at radius 3 is 2.87 bits per heavy atom. The maximum Gasteiger partial charge on any atom is 0.137 e. The van der Waals surface area contributed by atoms with E-state index in [1.54, 1.807) is 12.5 Å². The molecule has 0 amide bonds. The summed E-state index contributed by atoms with van der Waals surface area (Å²) in [6.07, 6.45) is 9.77. The minimum Gasteiger partial charge on any atom is -0.367 e. The Morgan fingerprint density at radius 2 is 2.09 bits per heavy atom. The number of likely N-dealkylation sites (tertiary alicyclic amines) is 1. The molecule has 0 aromatic carbocycles. The van der Waals surface area contributed by atoms with Crippen molar-refractivity contribution in [2.24, 2.45) is 0 Å². The first-order chi connectivity index (χ1) is 11.4. The lowest BCUT2D eigenvalue weighted by molar-refractivity contribution is 0.209. The molecule has 1 N–H and O–H groups in total. The molecule has 3 aromatic rings. The molecular formula is C17H20N6. The van der Waals surface area contributed by atoms with Gasteiger partial charge < -0.3 is 9.72 Å². The zero-order valence-electron chi connectivity index (χ0n) is 13.0. The summed E-state index contributed by atoms with van der Waals surface area (Å²) in [4.78, 5) is 15.3. The summed E-state index contributed by atoms with van der Waals surface area (Å²) in [5, 5.41) is 3.49. The molecule has 4 heterocycles. The van der Waals surface area contributed by atoms with Crippen molar-refractivity contribution in [3.63, 3.8) is 0 Å². The van der Waals surface area contributed by atoms with Gasteiger partial charge in [-0.1, -0.05) is 6.07 Å². The van der Waals surface area contributed by atoms with Crippen LogP contribution in [0.2, 0.25) is 0 Å². The molecule has 0 spiro atoms. The molecule has 0 radical (unpaired) electrons. The minimum atomic E-state index is 0.488. The Balaban J connectivity index is 1.32. The fraction of sp³-hybridized carbons (Fsp3) is 0.353. The second-order valence-corrected chi connectivity index (χ2v) is 5.99. The molecule has 6 heteroatoms. The van der Waals surface area contributed by atoms with Crippen LogP contribution in [0.25, 0.3) is 5.65 Å². The van der Waals surface area contributed by atoms with Crippen LogP contribution in [0, 0.1) is 0 Å². The molecule has 0 aliphatic carbocycles. The Labute approximate surface area is 135 Å². The van der Waals surface area contributed by atoms with Crippen LogP contribution < -0.4 is 5.32 Å². The molecular weight excluding hydrogens is 288 g/mol. The average molecular weight is 308 g/mol. The lowest BCUT2D eigenvalue weighted by Gasteiger charge is -2.32. The molecule has 118 valence electrons. The van der Waals surface area contributed by atoms with Crippen LogP contribution in [-0.4, -0.2) is 43.4 Å². The molecule has 0 bridgehead atoms. The van der Waals surface area contributed by atoms with Gasteiger partial charge in [-0.15, -0.1) is 0 Å². The standard InChI is InChI=1S/C17H20N6/c1-2-8-23-12-15(21-17(23)3-1)11-22-9-5-14(6-10-22)20-16-4-7-18-13-19-16/h1-4,7-8,12-14H,5-6,9-11H2,(H,18,19,20). The fourth-order valence-corrected chi connectivity index (χ4v) is 3.11. The van der Waals surface area contributed by atoms with Gasteiger partial charge in [-0.25, -0.2) is 15.0 Å². The van der Waals surface area contributed by atoms with E-state index in [0.29, 0.717) is 6.04 Å². The summed E-state index contributed by atoms with van der Waals surface area (Å²) in [7, 11) is 0. The first kappa shape index (κ1) is 14.1. The summed E-state index contributed by atoms with van der Waals surface area (Å²) < 4.78 is 2.08. The van der Waals surface area contributed by atoms with Crippen molar-refractivity contribution in [1.82, 2.24) is 24.3 Å². The molecule has 1 fully saturated rings. The van der Waals surface area contributed by atoms with Crippen molar-refractivity contribution in [3.8, 4) is 0 Å². The average Bonchev–Trinajstić information content (AvgIpc) is 3.00. The highest BCUT2D eigenvalue weighted by Gasteiger charge is 2.20. The predicted octanol–water partition coefficient (Wildman–Crippen LogP) is 2.20. The van der Waals surface area contributed by atoms with E-state index in [1.807, 2.05) is 30.5 Å². The molecule has 1 aliphatic rings. The molecule has 6 nitrogen and oxygen atoms in total. The van der Waals surface area contributed by atoms with Crippen molar-refractivity contribution in [2.45, 2.75) is 25.4 Å². The maximum atomic E-state index is 4.68. The molecule has 0 atom stereocenters. The number of anilines is 1. The third kappa shape index (κ3) is 3.32. The van der Waals surface area contributed by atoms with Gasteiger partial charge in [0, 0.05) is 44.3 Å². The summed E-state index contributed by atoms with van der Waals surface area (Å²) in [6, 6.07) is 8.51. The van der Waals surface area contributed by atoms with E-state index in [9.17, 15) is 0 Å². The van der Waals surface area contributed by atoms with Gasteiger partial charge in [-0.2, -0.15) is 0 Å². The van der Waals surface area contributed by atoms with E-state index in [2.05, 4.69) is 35.8 Å². The van der Waals surface area contributed by atoms with Crippen LogP contribution in [0.5, 0.6) is 0 Å². The second-order valence-electron chi connectivity index (χ2n) is 5.99. The lowest BCUT2D eigenvalue weighted by atomic mass is 10.0. The number of imidazole rings is 1. The first-order valence-corrected chi connectivity index (χ1v) is 8.04. The largest absolute Gasteiger partial charge is 0.367 e. The highest BCUT2D eigenvalue weighted by molar-refractivity contribution is 5.39. The van der Waals surface area contributed by atoms with Gasteiger partial charge in [0.05, 0.1) is 5.69 Å². The van der Waals surface area contributed by atoms with Gasteiger partial charge in [0.2, 0.25) is 0 Å². The molecule has 0 unspecified atom stereocenters. The normalized spacial score (nSPS) is 16.7. The fourth-order valence-electron chi connectivity index (χ4n) is 3.11. The Morgan fingerprint density at radius 1 is 1.17 bits per heavy atom. The van der Waals surface area contributed by atoms with E-state index in [1.165, 1.54) is 0 Å². The highest BCUT2D eigenvalue weighted by atomic mass is 15.2. The summed E-state index contributed by atoms with van der Waals surface area (Å²) in [5.41, 5.74) is 2.15. The van der Waals surface area contributed by atoms with E-state index < -0.39 is 0 Å². The third-order valence-corrected chi connectivity index (χ3v) is 4.32. The van der Waals surface area contributed by atoms with Crippen molar-refractivity contribution >= 4 is 11.5 Å². The number of nitrogens with zero attached hydrogens (tertiary/aromatic N) is 5. The van der Waals surface area contributed by atoms with Crippen molar-refractivity contribution in [1.29, 1.82) is 0 Å². The topological polar surface area (TPSA) is 58.4 Å². The smallest absolute Gasteiger partial charge is 0.137 e. The highest BCUT2D eigenvalue weighted by Crippen LogP contribution is 2.17. The number of fused-ring (bicyclic) bond motifs is 1. The molecule has 4 rings (SSSR count). The number of aromatic nitrogens is 4. The minimum absolute atomic E-state index is 0.488. The lowest BCUT2D eigenvalue weighted by Crippen LogP contribution is -2.38. The zero-order valence-corrected chi connectivity index (χ0v) is 13.0. The van der Waals surface area contributed by atoms with Crippen LogP contribution in [0.15, 0.2) is 49.2 Å². The van der Waals surface area contributed by atoms with E-state index in [-0.39, 0.29) is 0 Å². The van der Waals surface area contributed by atoms with Crippen LogP contribution in [0.1, 0.15) is 18.5 Å². The predicted molar refractivity (Wildman–Crippen MR) is 89.1 cm³/mol. The van der Waals surface area contributed by atoms with Crippen molar-refractivity contribution in [3.05, 3.63) is 54.9 Å². The number of pyridine rings is 1. The molecule has 1 saturated heterocycles. The van der Waals surface area contributed by atoms with Crippen LogP contribution in [0.4, 0.5) is 5.82 Å².